The minimum atomic E-state index is 0.270. The first-order chi connectivity index (χ1) is 8.16. The fourth-order valence-corrected chi connectivity index (χ4v) is 2.65. The zero-order chi connectivity index (χ0) is 12.3. The molecule has 2 aromatic rings. The number of hydrogen-bond donors (Lipinski definition) is 2. The number of aromatic nitrogens is 1. The fourth-order valence-electron chi connectivity index (χ4n) is 1.48. The molecule has 0 aliphatic heterocycles. The summed E-state index contributed by atoms with van der Waals surface area (Å²) in [6, 6.07) is 5.52. The topological polar surface area (TPSA) is 45.2 Å². The van der Waals surface area contributed by atoms with Crippen molar-refractivity contribution in [2.75, 3.05) is 0 Å². The number of halogens is 1. The van der Waals surface area contributed by atoms with Gasteiger partial charge in [-0.25, -0.2) is 4.98 Å². The Bertz CT molecular complexity index is 513. The van der Waals surface area contributed by atoms with Gasteiger partial charge in [0.1, 0.15) is 5.75 Å². The average Bonchev–Trinajstić information content (AvgIpc) is 2.70. The van der Waals surface area contributed by atoms with Crippen molar-refractivity contribution < 1.29 is 5.11 Å². The predicted molar refractivity (Wildman–Crippen MR) is 73.2 cm³/mol. The highest BCUT2D eigenvalue weighted by atomic mass is 79.9. The van der Waals surface area contributed by atoms with Gasteiger partial charge in [0, 0.05) is 18.0 Å². The van der Waals surface area contributed by atoms with Gasteiger partial charge < -0.3 is 10.4 Å². The number of aryl methyl sites for hydroxylation is 1. The number of aromatic hydroxyl groups is 1. The molecule has 0 bridgehead atoms. The Kier molecular flexibility index (Phi) is 4.15. The summed E-state index contributed by atoms with van der Waals surface area (Å²) >= 11 is 4.97. The number of hydrogen-bond acceptors (Lipinski definition) is 4. The molecule has 0 amide bonds. The molecule has 5 heteroatoms. The highest BCUT2D eigenvalue weighted by molar-refractivity contribution is 9.10. The van der Waals surface area contributed by atoms with Crippen LogP contribution in [0.5, 0.6) is 5.75 Å². The molecule has 1 aromatic carbocycles. The molecule has 90 valence electrons. The van der Waals surface area contributed by atoms with Crippen LogP contribution in [0.2, 0.25) is 0 Å². The van der Waals surface area contributed by atoms with Crippen molar-refractivity contribution in [2.24, 2.45) is 0 Å². The lowest BCUT2D eigenvalue weighted by atomic mass is 10.2. The standard InChI is InChI=1S/C12H13BrN2OS/c1-8-12(17-7-15-8)6-14-5-9-2-3-11(16)10(13)4-9/h2-4,7,14,16H,5-6H2,1H3. The van der Waals surface area contributed by atoms with Crippen LogP contribution < -0.4 is 5.32 Å². The minimum Gasteiger partial charge on any atom is -0.507 e. The first-order valence-electron chi connectivity index (χ1n) is 5.24. The number of nitrogens with one attached hydrogen (secondary N) is 1. The number of benzene rings is 1. The van der Waals surface area contributed by atoms with Gasteiger partial charge in [-0.3, -0.25) is 0 Å². The van der Waals surface area contributed by atoms with Crippen molar-refractivity contribution in [1.29, 1.82) is 0 Å². The van der Waals surface area contributed by atoms with Crippen molar-refractivity contribution >= 4 is 27.3 Å². The molecule has 0 atom stereocenters. The van der Waals surface area contributed by atoms with E-state index in [0.29, 0.717) is 0 Å². The Morgan fingerprint density at radius 1 is 1.41 bits per heavy atom. The van der Waals surface area contributed by atoms with Gasteiger partial charge in [0.15, 0.2) is 0 Å². The van der Waals surface area contributed by atoms with Gasteiger partial charge in [0.2, 0.25) is 0 Å². The molecule has 1 aromatic heterocycles. The summed E-state index contributed by atoms with van der Waals surface area (Å²) in [6.45, 7) is 3.62. The van der Waals surface area contributed by atoms with Crippen LogP contribution in [0.25, 0.3) is 0 Å². The molecule has 0 spiro atoms. The van der Waals surface area contributed by atoms with Gasteiger partial charge in [0.05, 0.1) is 15.7 Å². The third kappa shape index (κ3) is 3.28. The number of phenols is 1. The molecule has 1 heterocycles. The van der Waals surface area contributed by atoms with Gasteiger partial charge in [-0.2, -0.15) is 0 Å². The first kappa shape index (κ1) is 12.5. The maximum atomic E-state index is 9.38. The highest BCUT2D eigenvalue weighted by Gasteiger charge is 2.02. The lowest BCUT2D eigenvalue weighted by Gasteiger charge is -2.05. The Morgan fingerprint density at radius 3 is 2.88 bits per heavy atom. The van der Waals surface area contributed by atoms with E-state index < -0.39 is 0 Å². The lowest BCUT2D eigenvalue weighted by Crippen LogP contribution is -2.12. The molecular formula is C12H13BrN2OS. The number of phenolic OH excluding ortho intramolecular Hbond substituents is 1. The maximum absolute atomic E-state index is 9.38. The fraction of sp³-hybridized carbons (Fsp3) is 0.250. The molecular weight excluding hydrogens is 300 g/mol. The van der Waals surface area contributed by atoms with Gasteiger partial charge in [-0.05, 0) is 40.5 Å². The van der Waals surface area contributed by atoms with Crippen molar-refractivity contribution in [1.82, 2.24) is 10.3 Å². The Hall–Kier alpha value is -0.910. The van der Waals surface area contributed by atoms with Gasteiger partial charge >= 0.3 is 0 Å². The Labute approximate surface area is 113 Å². The second-order valence-electron chi connectivity index (χ2n) is 3.75. The molecule has 0 saturated heterocycles. The van der Waals surface area contributed by atoms with Crippen molar-refractivity contribution in [2.45, 2.75) is 20.0 Å². The summed E-state index contributed by atoms with van der Waals surface area (Å²) in [5, 5.41) is 12.7. The SMILES string of the molecule is Cc1ncsc1CNCc1ccc(O)c(Br)c1. The molecule has 2 rings (SSSR count). The van der Waals surface area contributed by atoms with E-state index in [1.807, 2.05) is 24.6 Å². The van der Waals surface area contributed by atoms with Crippen LogP contribution in [0.1, 0.15) is 16.1 Å². The summed E-state index contributed by atoms with van der Waals surface area (Å²) in [4.78, 5) is 5.47. The third-order valence-electron chi connectivity index (χ3n) is 2.47. The minimum absolute atomic E-state index is 0.270. The van der Waals surface area contributed by atoms with Crippen LogP contribution in [0.4, 0.5) is 0 Å². The van der Waals surface area contributed by atoms with E-state index in [1.54, 1.807) is 17.4 Å². The molecule has 17 heavy (non-hydrogen) atoms. The maximum Gasteiger partial charge on any atom is 0.129 e. The van der Waals surface area contributed by atoms with Crippen molar-refractivity contribution in [3.8, 4) is 5.75 Å². The van der Waals surface area contributed by atoms with Gasteiger partial charge in [0.25, 0.3) is 0 Å². The molecule has 0 fully saturated rings. The number of rotatable bonds is 4. The number of thiazole rings is 1. The second-order valence-corrected chi connectivity index (χ2v) is 5.54. The highest BCUT2D eigenvalue weighted by Crippen LogP contribution is 2.24. The zero-order valence-corrected chi connectivity index (χ0v) is 11.8. The average molecular weight is 313 g/mol. The van der Waals surface area contributed by atoms with Gasteiger partial charge in [-0.15, -0.1) is 11.3 Å². The second kappa shape index (κ2) is 5.62. The van der Waals surface area contributed by atoms with E-state index in [2.05, 4.69) is 26.2 Å². The van der Waals surface area contributed by atoms with Gasteiger partial charge in [-0.1, -0.05) is 6.07 Å². The Morgan fingerprint density at radius 2 is 2.24 bits per heavy atom. The van der Waals surface area contributed by atoms with E-state index in [1.165, 1.54) is 4.88 Å². The van der Waals surface area contributed by atoms with Crippen molar-refractivity contribution in [3.05, 3.63) is 44.3 Å². The van der Waals surface area contributed by atoms with E-state index >= 15 is 0 Å². The summed E-state index contributed by atoms with van der Waals surface area (Å²) in [5.41, 5.74) is 4.09. The zero-order valence-electron chi connectivity index (χ0n) is 9.40. The predicted octanol–water partition coefficient (Wildman–Crippen LogP) is 3.21. The van der Waals surface area contributed by atoms with Crippen LogP contribution in [0, 0.1) is 6.92 Å². The summed E-state index contributed by atoms with van der Waals surface area (Å²) in [7, 11) is 0. The molecule has 2 N–H and O–H groups in total. The molecule has 0 unspecified atom stereocenters. The summed E-state index contributed by atoms with van der Waals surface area (Å²) in [6.07, 6.45) is 0. The van der Waals surface area contributed by atoms with E-state index in [-0.39, 0.29) is 5.75 Å². The van der Waals surface area contributed by atoms with Crippen LogP contribution in [-0.4, -0.2) is 10.1 Å². The van der Waals surface area contributed by atoms with Crippen molar-refractivity contribution in [3.63, 3.8) is 0 Å². The molecule has 0 aliphatic rings. The smallest absolute Gasteiger partial charge is 0.129 e. The molecule has 0 radical (unpaired) electrons. The normalized spacial score (nSPS) is 10.7. The quantitative estimate of drug-likeness (QED) is 0.911. The lowest BCUT2D eigenvalue weighted by molar-refractivity contribution is 0.471. The largest absolute Gasteiger partial charge is 0.507 e. The monoisotopic (exact) mass is 312 g/mol. The molecule has 0 saturated carbocycles. The summed E-state index contributed by atoms with van der Waals surface area (Å²) in [5.74, 6) is 0.270. The van der Waals surface area contributed by atoms with Crippen LogP contribution >= 0.6 is 27.3 Å². The molecule has 3 nitrogen and oxygen atoms in total. The van der Waals surface area contributed by atoms with E-state index in [4.69, 9.17) is 0 Å². The Balaban J connectivity index is 1.90. The summed E-state index contributed by atoms with van der Waals surface area (Å²) < 4.78 is 0.728. The first-order valence-corrected chi connectivity index (χ1v) is 6.91. The molecule has 0 aliphatic carbocycles. The van der Waals surface area contributed by atoms with Crippen LogP contribution in [0.3, 0.4) is 0 Å². The van der Waals surface area contributed by atoms with Crippen LogP contribution in [-0.2, 0) is 13.1 Å². The van der Waals surface area contributed by atoms with E-state index in [9.17, 15) is 5.11 Å². The van der Waals surface area contributed by atoms with Crippen LogP contribution in [0.15, 0.2) is 28.2 Å². The van der Waals surface area contributed by atoms with E-state index in [0.717, 1.165) is 28.8 Å². The third-order valence-corrected chi connectivity index (χ3v) is 4.04. The number of nitrogens with zero attached hydrogens (tertiary/aromatic N) is 1.